The molecule has 1 saturated heterocycles. The molecule has 0 N–H and O–H groups in total. The Labute approximate surface area is 57.4 Å². The largest absolute Gasteiger partial charge is 0.272 e. The summed E-state index contributed by atoms with van der Waals surface area (Å²) in [6.07, 6.45) is 0. The first-order valence-electron chi connectivity index (χ1n) is 2.34. The van der Waals surface area contributed by atoms with Crippen LogP contribution in [0.2, 0.25) is 0 Å². The molecule has 0 radical (unpaired) electrons. The number of rotatable bonds is 0. The maximum absolute atomic E-state index is 10.7. The fraction of sp³-hybridized carbons (Fsp3) is 0.750. The van der Waals surface area contributed by atoms with Crippen molar-refractivity contribution in [3.63, 3.8) is 0 Å². The Kier molecular flexibility index (Phi) is 1.68. The summed E-state index contributed by atoms with van der Waals surface area (Å²) in [5.41, 5.74) is 0. The van der Waals surface area contributed by atoms with Gasteiger partial charge in [0.25, 0.3) is 5.91 Å². The monoisotopic (exact) mass is 151 g/mol. The molecule has 0 aromatic heterocycles. The number of hydrogen-bond donors (Lipinski definition) is 0. The van der Waals surface area contributed by atoms with Gasteiger partial charge in [0.05, 0.1) is 0 Å². The van der Waals surface area contributed by atoms with Gasteiger partial charge in [-0.25, -0.2) is 0 Å². The Morgan fingerprint density at radius 2 is 2.62 bits per heavy atom. The van der Waals surface area contributed by atoms with Crippen molar-refractivity contribution in [3.8, 4) is 0 Å². The zero-order chi connectivity index (χ0) is 6.15. The first kappa shape index (κ1) is 6.23. The van der Waals surface area contributed by atoms with Crippen LogP contribution in [0.5, 0.6) is 0 Å². The molecule has 4 heteroatoms. The van der Waals surface area contributed by atoms with E-state index >= 15 is 0 Å². The van der Waals surface area contributed by atoms with Crippen LogP contribution in [0.1, 0.15) is 6.92 Å². The van der Waals surface area contributed by atoms with Crippen LogP contribution in [-0.2, 0) is 4.79 Å². The molecule has 0 aromatic carbocycles. The number of halogens is 1. The van der Waals surface area contributed by atoms with Crippen LogP contribution >= 0.6 is 23.7 Å². The summed E-state index contributed by atoms with van der Waals surface area (Å²) in [5, 5.41) is 0. The van der Waals surface area contributed by atoms with Crippen LogP contribution < -0.4 is 0 Å². The summed E-state index contributed by atoms with van der Waals surface area (Å²) in [6.45, 7) is 1.87. The van der Waals surface area contributed by atoms with Gasteiger partial charge in [-0.15, -0.1) is 0 Å². The molecule has 46 valence electrons. The van der Waals surface area contributed by atoms with Crippen molar-refractivity contribution in [3.05, 3.63) is 0 Å². The van der Waals surface area contributed by atoms with Crippen molar-refractivity contribution in [2.75, 3.05) is 5.75 Å². The molecule has 2 nitrogen and oxygen atoms in total. The highest BCUT2D eigenvalue weighted by atomic mass is 35.5. The van der Waals surface area contributed by atoms with E-state index < -0.39 is 0 Å². The van der Waals surface area contributed by atoms with E-state index in [9.17, 15) is 4.79 Å². The lowest BCUT2D eigenvalue weighted by molar-refractivity contribution is -0.124. The minimum atomic E-state index is 0.0247. The second kappa shape index (κ2) is 2.15. The van der Waals surface area contributed by atoms with Crippen LogP contribution in [0, 0.1) is 5.92 Å². The number of amides is 1. The Hall–Kier alpha value is 0.110. The molecular formula is C4H6ClNOS. The highest BCUT2D eigenvalue weighted by Crippen LogP contribution is 2.27. The minimum Gasteiger partial charge on any atom is -0.272 e. The lowest BCUT2D eigenvalue weighted by Crippen LogP contribution is -2.12. The maximum Gasteiger partial charge on any atom is 0.251 e. The molecule has 8 heavy (non-hydrogen) atoms. The van der Waals surface area contributed by atoms with E-state index in [0.717, 1.165) is 5.75 Å². The zero-order valence-corrected chi connectivity index (χ0v) is 6.00. The van der Waals surface area contributed by atoms with Crippen LogP contribution in [0.15, 0.2) is 0 Å². The highest BCUT2D eigenvalue weighted by molar-refractivity contribution is 7.98. The standard InChI is InChI=1S/C4H6ClNOS/c1-3-2-8-6(5)4(3)7/h3H,2H2,1H3. The van der Waals surface area contributed by atoms with Crippen molar-refractivity contribution in [1.82, 2.24) is 3.82 Å². The first-order valence-corrected chi connectivity index (χ1v) is 3.62. The van der Waals surface area contributed by atoms with Crippen LogP contribution in [-0.4, -0.2) is 15.5 Å². The molecular weight excluding hydrogens is 146 g/mol. The molecule has 1 aliphatic rings. The predicted molar refractivity (Wildman–Crippen MR) is 34.3 cm³/mol. The second-order valence-electron chi connectivity index (χ2n) is 1.78. The normalized spacial score (nSPS) is 29.5. The lowest BCUT2D eigenvalue weighted by Gasteiger charge is -1.98. The van der Waals surface area contributed by atoms with Gasteiger partial charge >= 0.3 is 0 Å². The fourth-order valence-corrected chi connectivity index (χ4v) is 1.63. The molecule has 0 aliphatic carbocycles. The molecule has 0 spiro atoms. The summed E-state index contributed by atoms with van der Waals surface area (Å²) in [4.78, 5) is 10.7. The summed E-state index contributed by atoms with van der Waals surface area (Å²) in [7, 11) is 0. The molecule has 1 aliphatic heterocycles. The third kappa shape index (κ3) is 0.928. The van der Waals surface area contributed by atoms with E-state index in [2.05, 4.69) is 0 Å². The van der Waals surface area contributed by atoms with Gasteiger partial charge in [0, 0.05) is 23.4 Å². The van der Waals surface area contributed by atoms with Gasteiger partial charge in [-0.3, -0.25) is 4.79 Å². The van der Waals surface area contributed by atoms with E-state index in [4.69, 9.17) is 11.8 Å². The van der Waals surface area contributed by atoms with Gasteiger partial charge in [0.15, 0.2) is 0 Å². The van der Waals surface area contributed by atoms with Crippen LogP contribution in [0.3, 0.4) is 0 Å². The van der Waals surface area contributed by atoms with Crippen LogP contribution in [0.25, 0.3) is 0 Å². The van der Waals surface area contributed by atoms with Gasteiger partial charge in [0.2, 0.25) is 0 Å². The Morgan fingerprint density at radius 3 is 2.75 bits per heavy atom. The molecule has 1 heterocycles. The third-order valence-electron chi connectivity index (χ3n) is 1.03. The fourth-order valence-electron chi connectivity index (χ4n) is 0.485. The number of hydrogen-bond acceptors (Lipinski definition) is 2. The van der Waals surface area contributed by atoms with Crippen molar-refractivity contribution < 1.29 is 4.79 Å². The average molecular weight is 152 g/mol. The van der Waals surface area contributed by atoms with E-state index in [1.165, 1.54) is 15.8 Å². The zero-order valence-electron chi connectivity index (χ0n) is 4.43. The van der Waals surface area contributed by atoms with E-state index in [1.54, 1.807) is 0 Å². The van der Waals surface area contributed by atoms with Crippen molar-refractivity contribution in [1.29, 1.82) is 0 Å². The molecule has 0 bridgehead atoms. The Balaban J connectivity index is 2.57. The second-order valence-corrected chi connectivity index (χ2v) is 3.28. The number of carbonyl (C=O) groups excluding carboxylic acids is 1. The number of nitrogens with zero attached hydrogens (tertiary/aromatic N) is 1. The Bertz CT molecular complexity index is 107. The smallest absolute Gasteiger partial charge is 0.251 e. The van der Waals surface area contributed by atoms with E-state index in [0.29, 0.717) is 0 Å². The summed E-state index contributed by atoms with van der Waals surface area (Å²) < 4.78 is 1.17. The van der Waals surface area contributed by atoms with Gasteiger partial charge < -0.3 is 0 Å². The van der Waals surface area contributed by atoms with Crippen molar-refractivity contribution in [2.24, 2.45) is 5.92 Å². The molecule has 1 atom stereocenters. The summed E-state index contributed by atoms with van der Waals surface area (Å²) in [5.74, 6) is 0.955. The van der Waals surface area contributed by atoms with Crippen LogP contribution in [0.4, 0.5) is 0 Å². The van der Waals surface area contributed by atoms with E-state index in [-0.39, 0.29) is 11.8 Å². The first-order chi connectivity index (χ1) is 3.72. The quantitative estimate of drug-likeness (QED) is 0.384. The topological polar surface area (TPSA) is 20.3 Å². The SMILES string of the molecule is CC1CSN(Cl)C1=O. The molecule has 0 aromatic rings. The Morgan fingerprint density at radius 1 is 2.00 bits per heavy atom. The van der Waals surface area contributed by atoms with Gasteiger partial charge in [0.1, 0.15) is 0 Å². The summed E-state index contributed by atoms with van der Waals surface area (Å²) >= 11 is 6.77. The lowest BCUT2D eigenvalue weighted by atomic mass is 10.2. The molecule has 0 saturated carbocycles. The third-order valence-corrected chi connectivity index (χ3v) is 2.55. The molecule has 1 unspecified atom stereocenters. The molecule has 1 fully saturated rings. The van der Waals surface area contributed by atoms with Crippen molar-refractivity contribution in [2.45, 2.75) is 6.92 Å². The molecule has 1 rings (SSSR count). The van der Waals surface area contributed by atoms with Gasteiger partial charge in [-0.05, 0) is 11.9 Å². The van der Waals surface area contributed by atoms with Gasteiger partial charge in [-0.2, -0.15) is 3.82 Å². The minimum absolute atomic E-state index is 0.0247. The summed E-state index contributed by atoms with van der Waals surface area (Å²) in [6, 6.07) is 0. The molecule has 1 amide bonds. The maximum atomic E-state index is 10.7. The predicted octanol–water partition coefficient (Wildman–Crippen LogP) is 1.27. The van der Waals surface area contributed by atoms with Crippen molar-refractivity contribution >= 4 is 29.6 Å². The number of carbonyl (C=O) groups is 1. The van der Waals surface area contributed by atoms with E-state index in [1.807, 2.05) is 6.92 Å². The van der Waals surface area contributed by atoms with Gasteiger partial charge in [-0.1, -0.05) is 6.92 Å². The average Bonchev–Trinajstić information content (AvgIpc) is 1.98. The highest BCUT2D eigenvalue weighted by Gasteiger charge is 2.27.